The van der Waals surface area contributed by atoms with Crippen molar-refractivity contribution in [2.24, 2.45) is 0 Å². The summed E-state index contributed by atoms with van der Waals surface area (Å²) in [7, 11) is 3.24. The molecule has 2 aromatic rings. The van der Waals surface area contributed by atoms with Gasteiger partial charge >= 0.3 is 6.03 Å². The second-order valence-corrected chi connectivity index (χ2v) is 8.14. The lowest BCUT2D eigenvalue weighted by Gasteiger charge is -2.43. The lowest BCUT2D eigenvalue weighted by atomic mass is 9.88. The molecule has 0 bridgehead atoms. The minimum absolute atomic E-state index is 0.0370. The zero-order valence-corrected chi connectivity index (χ0v) is 18.7. The summed E-state index contributed by atoms with van der Waals surface area (Å²) in [6.45, 7) is 6.80. The largest absolute Gasteiger partial charge is 0.493 e. The van der Waals surface area contributed by atoms with Crippen LogP contribution in [0.15, 0.2) is 30.3 Å². The molecule has 6 heteroatoms. The average Bonchev–Trinajstić information content (AvgIpc) is 2.74. The Labute approximate surface area is 183 Å². The van der Waals surface area contributed by atoms with Gasteiger partial charge in [0, 0.05) is 12.1 Å². The van der Waals surface area contributed by atoms with E-state index in [0.29, 0.717) is 24.5 Å². The number of nitriles is 1. The number of benzene rings is 2. The third-order valence-corrected chi connectivity index (χ3v) is 6.18. The van der Waals surface area contributed by atoms with E-state index in [-0.39, 0.29) is 18.6 Å². The van der Waals surface area contributed by atoms with Gasteiger partial charge in [-0.15, -0.1) is 0 Å². The number of hydrogen-bond donors (Lipinski definition) is 0. The Kier molecular flexibility index (Phi) is 5.36. The van der Waals surface area contributed by atoms with E-state index in [1.54, 1.807) is 24.0 Å². The van der Waals surface area contributed by atoms with E-state index in [2.05, 4.69) is 45.0 Å². The van der Waals surface area contributed by atoms with Crippen LogP contribution < -0.4 is 9.47 Å². The number of urea groups is 1. The van der Waals surface area contributed by atoms with Crippen LogP contribution in [0.2, 0.25) is 0 Å². The maximum atomic E-state index is 13.5. The summed E-state index contributed by atoms with van der Waals surface area (Å²) in [6.07, 6.45) is 2.83. The molecule has 6 nitrogen and oxygen atoms in total. The van der Waals surface area contributed by atoms with Crippen LogP contribution in [-0.2, 0) is 6.42 Å². The quantitative estimate of drug-likeness (QED) is 0.686. The summed E-state index contributed by atoms with van der Waals surface area (Å²) in [6, 6.07) is 9.94. The molecule has 160 valence electrons. The lowest BCUT2D eigenvalue weighted by molar-refractivity contribution is 0.160. The lowest BCUT2D eigenvalue weighted by Crippen LogP contribution is -2.49. The number of hydrogen-bond acceptors (Lipinski definition) is 4. The molecule has 31 heavy (non-hydrogen) atoms. The van der Waals surface area contributed by atoms with Crippen molar-refractivity contribution in [1.82, 2.24) is 9.80 Å². The first kappa shape index (κ1) is 20.8. The van der Waals surface area contributed by atoms with Crippen LogP contribution in [-0.4, -0.2) is 43.1 Å². The highest BCUT2D eigenvalue weighted by Gasteiger charge is 2.39. The fraction of sp³-hybridized carbons (Fsp3) is 0.360. The van der Waals surface area contributed by atoms with Crippen LogP contribution in [0.4, 0.5) is 4.79 Å². The Balaban J connectivity index is 1.93. The molecular formula is C25H27N3O3. The van der Waals surface area contributed by atoms with Crippen molar-refractivity contribution < 1.29 is 14.3 Å². The van der Waals surface area contributed by atoms with E-state index in [4.69, 9.17) is 9.47 Å². The van der Waals surface area contributed by atoms with Gasteiger partial charge in [0.15, 0.2) is 11.5 Å². The first-order chi connectivity index (χ1) is 14.9. The van der Waals surface area contributed by atoms with Gasteiger partial charge in [-0.2, -0.15) is 5.26 Å². The van der Waals surface area contributed by atoms with Crippen LogP contribution in [0.5, 0.6) is 11.5 Å². The second kappa shape index (κ2) is 7.99. The zero-order chi connectivity index (χ0) is 22.3. The van der Waals surface area contributed by atoms with Crippen molar-refractivity contribution in [2.45, 2.75) is 33.2 Å². The van der Waals surface area contributed by atoms with Crippen molar-refractivity contribution in [1.29, 1.82) is 5.26 Å². The van der Waals surface area contributed by atoms with Gasteiger partial charge < -0.3 is 14.4 Å². The Hall–Kier alpha value is -3.46. The fourth-order valence-corrected chi connectivity index (χ4v) is 4.90. The number of carbonyl (C=O) groups is 1. The molecule has 1 atom stereocenters. The molecule has 1 unspecified atom stereocenters. The van der Waals surface area contributed by atoms with Crippen molar-refractivity contribution >= 4 is 11.7 Å². The van der Waals surface area contributed by atoms with E-state index in [9.17, 15) is 10.1 Å². The molecule has 2 aliphatic rings. The first-order valence-corrected chi connectivity index (χ1v) is 10.4. The molecule has 0 saturated carbocycles. The molecule has 0 fully saturated rings. The summed E-state index contributed by atoms with van der Waals surface area (Å²) in [5, 5.41) is 9.45. The number of rotatable bonds is 4. The minimum Gasteiger partial charge on any atom is -0.493 e. The van der Waals surface area contributed by atoms with E-state index in [1.807, 2.05) is 12.1 Å². The number of fused-ring (bicyclic) bond motifs is 3. The molecule has 0 saturated heterocycles. The first-order valence-electron chi connectivity index (χ1n) is 10.4. The van der Waals surface area contributed by atoms with Gasteiger partial charge in [0.25, 0.3) is 0 Å². The molecule has 0 spiro atoms. The smallest absolute Gasteiger partial charge is 0.326 e. The van der Waals surface area contributed by atoms with E-state index in [0.717, 1.165) is 33.5 Å². The molecule has 2 heterocycles. The van der Waals surface area contributed by atoms with Crippen molar-refractivity contribution in [3.05, 3.63) is 63.7 Å². The van der Waals surface area contributed by atoms with Gasteiger partial charge in [-0.25, -0.2) is 4.79 Å². The highest BCUT2D eigenvalue weighted by Crippen LogP contribution is 2.43. The van der Waals surface area contributed by atoms with Gasteiger partial charge in [0.05, 0.1) is 32.0 Å². The van der Waals surface area contributed by atoms with Crippen molar-refractivity contribution in [3.63, 3.8) is 0 Å². The third kappa shape index (κ3) is 3.40. The number of carbonyl (C=O) groups excluding carboxylic acids is 1. The number of nitrogens with zero attached hydrogens (tertiary/aromatic N) is 3. The Morgan fingerprint density at radius 1 is 1.06 bits per heavy atom. The van der Waals surface area contributed by atoms with Gasteiger partial charge in [-0.05, 0) is 67.7 Å². The van der Waals surface area contributed by atoms with Gasteiger partial charge in [-0.1, -0.05) is 17.7 Å². The normalized spacial score (nSPS) is 17.5. The Bertz CT molecular complexity index is 1110. The minimum atomic E-state index is -0.307. The van der Waals surface area contributed by atoms with Crippen LogP contribution in [0.1, 0.15) is 39.4 Å². The van der Waals surface area contributed by atoms with Crippen molar-refractivity contribution in [3.8, 4) is 17.6 Å². The summed E-state index contributed by atoms with van der Waals surface area (Å²) in [5.74, 6) is 1.32. The van der Waals surface area contributed by atoms with Gasteiger partial charge in [0.2, 0.25) is 0 Å². The summed E-state index contributed by atoms with van der Waals surface area (Å²) >= 11 is 0. The molecule has 0 aliphatic carbocycles. The number of amides is 2. The number of aryl methyl sites for hydroxylation is 3. The highest BCUT2D eigenvalue weighted by molar-refractivity contribution is 5.91. The van der Waals surface area contributed by atoms with E-state index in [1.165, 1.54) is 5.56 Å². The molecular weight excluding hydrogens is 390 g/mol. The monoisotopic (exact) mass is 417 g/mol. The molecule has 0 N–H and O–H groups in total. The maximum absolute atomic E-state index is 13.5. The predicted molar refractivity (Wildman–Crippen MR) is 119 cm³/mol. The van der Waals surface area contributed by atoms with E-state index < -0.39 is 0 Å². The molecule has 0 aromatic heterocycles. The number of ether oxygens (including phenoxy) is 2. The molecule has 0 radical (unpaired) electrons. The van der Waals surface area contributed by atoms with Gasteiger partial charge in [-0.3, -0.25) is 4.90 Å². The average molecular weight is 418 g/mol. The van der Waals surface area contributed by atoms with Crippen LogP contribution in [0.25, 0.3) is 5.70 Å². The maximum Gasteiger partial charge on any atom is 0.326 e. The number of methoxy groups -OCH3 is 2. The van der Waals surface area contributed by atoms with Crippen molar-refractivity contribution in [2.75, 3.05) is 27.3 Å². The standard InChI is InChI=1S/C25H27N3O3/c1-15-10-16(2)24(17(3)11-15)21-14-20-19-13-23(31-5)22(30-4)12-18(19)6-8-27(20)25(29)28(21)9-7-26/h10-14,21H,6,8-9H2,1-5H3. The fourth-order valence-electron chi connectivity index (χ4n) is 4.90. The van der Waals surface area contributed by atoms with Crippen LogP contribution in [0.3, 0.4) is 0 Å². The molecule has 4 rings (SSSR count). The highest BCUT2D eigenvalue weighted by atomic mass is 16.5. The Morgan fingerprint density at radius 3 is 2.32 bits per heavy atom. The molecule has 2 amide bonds. The molecule has 2 aliphatic heterocycles. The topological polar surface area (TPSA) is 65.8 Å². The third-order valence-electron chi connectivity index (χ3n) is 6.18. The predicted octanol–water partition coefficient (Wildman–Crippen LogP) is 4.53. The van der Waals surface area contributed by atoms with E-state index >= 15 is 0 Å². The summed E-state index contributed by atoms with van der Waals surface area (Å²) < 4.78 is 11.0. The van der Waals surface area contributed by atoms with Crippen LogP contribution in [0, 0.1) is 32.1 Å². The summed E-state index contributed by atoms with van der Waals surface area (Å²) in [5.41, 5.74) is 7.46. The zero-order valence-electron chi connectivity index (χ0n) is 18.7. The summed E-state index contributed by atoms with van der Waals surface area (Å²) in [4.78, 5) is 17.0. The second-order valence-electron chi connectivity index (χ2n) is 8.14. The Morgan fingerprint density at radius 2 is 1.71 bits per heavy atom. The molecule has 2 aromatic carbocycles. The van der Waals surface area contributed by atoms with Gasteiger partial charge in [0.1, 0.15) is 6.54 Å². The SMILES string of the molecule is COc1cc2c(cc1OC)C1=CC(c3c(C)cc(C)cc3C)N(CC#N)C(=O)N1CC2. The van der Waals surface area contributed by atoms with Crippen LogP contribution >= 0.6 is 0 Å².